The van der Waals surface area contributed by atoms with Gasteiger partial charge in [-0.1, -0.05) is 18.2 Å². The van der Waals surface area contributed by atoms with Crippen LogP contribution in [0.4, 0.5) is 11.5 Å². The minimum Gasteiger partial charge on any atom is -0.330 e. The predicted octanol–water partition coefficient (Wildman–Crippen LogP) is 0.474. The average molecular weight is 286 g/mol. The molecule has 1 aliphatic heterocycles. The second kappa shape index (κ2) is 4.60. The standard InChI is InChI=1S/C15H18N4O2/c1-16-12-9-7-5-6-8-10(9)17(2)13-11(12)14(20)19(4)15(21)18(13)3/h5-8,12,16H,1-4H3/t12-/m0/s1. The van der Waals surface area contributed by atoms with Crippen molar-refractivity contribution < 1.29 is 0 Å². The summed E-state index contributed by atoms with van der Waals surface area (Å²) < 4.78 is 2.68. The summed E-state index contributed by atoms with van der Waals surface area (Å²) >= 11 is 0. The van der Waals surface area contributed by atoms with Crippen molar-refractivity contribution in [2.24, 2.45) is 14.1 Å². The Hall–Kier alpha value is -2.34. The third kappa shape index (κ3) is 1.69. The lowest BCUT2D eigenvalue weighted by Crippen LogP contribution is -2.45. The van der Waals surface area contributed by atoms with E-state index in [1.54, 1.807) is 7.05 Å². The number of rotatable bonds is 1. The van der Waals surface area contributed by atoms with Crippen molar-refractivity contribution in [2.45, 2.75) is 6.04 Å². The number of nitrogens with one attached hydrogen (secondary N) is 1. The molecule has 0 aliphatic carbocycles. The van der Waals surface area contributed by atoms with Crippen molar-refractivity contribution >= 4 is 11.5 Å². The summed E-state index contributed by atoms with van der Waals surface area (Å²) in [6.07, 6.45) is 0. The highest BCUT2D eigenvalue weighted by atomic mass is 16.2. The van der Waals surface area contributed by atoms with E-state index >= 15 is 0 Å². The summed E-state index contributed by atoms with van der Waals surface area (Å²) in [5, 5.41) is 3.20. The largest absolute Gasteiger partial charge is 0.332 e. The molecule has 0 saturated heterocycles. The van der Waals surface area contributed by atoms with Crippen LogP contribution in [0.2, 0.25) is 0 Å². The molecule has 0 spiro atoms. The first-order valence-corrected chi connectivity index (χ1v) is 6.78. The number of hydrogen-bond acceptors (Lipinski definition) is 4. The third-order valence-corrected chi connectivity index (χ3v) is 4.17. The van der Waals surface area contributed by atoms with Crippen LogP contribution in [0.1, 0.15) is 17.2 Å². The lowest BCUT2D eigenvalue weighted by atomic mass is 9.93. The molecule has 1 aromatic heterocycles. The predicted molar refractivity (Wildman–Crippen MR) is 82.3 cm³/mol. The van der Waals surface area contributed by atoms with E-state index in [2.05, 4.69) is 5.32 Å². The number of fused-ring (bicyclic) bond motifs is 2. The maximum atomic E-state index is 12.6. The Morgan fingerprint density at radius 1 is 1.05 bits per heavy atom. The zero-order valence-electron chi connectivity index (χ0n) is 12.5. The van der Waals surface area contributed by atoms with Crippen LogP contribution in [0.25, 0.3) is 0 Å². The SMILES string of the molecule is CN[C@H]1c2ccccc2N(C)c2c1c(=O)n(C)c(=O)n2C. The summed E-state index contributed by atoms with van der Waals surface area (Å²) in [4.78, 5) is 26.7. The van der Waals surface area contributed by atoms with Gasteiger partial charge in [0.15, 0.2) is 0 Å². The van der Waals surface area contributed by atoms with Crippen molar-refractivity contribution in [1.29, 1.82) is 0 Å². The van der Waals surface area contributed by atoms with Crippen molar-refractivity contribution in [3.63, 3.8) is 0 Å². The molecule has 6 nitrogen and oxygen atoms in total. The number of aromatic nitrogens is 2. The summed E-state index contributed by atoms with van der Waals surface area (Å²) in [5.74, 6) is 0.640. The van der Waals surface area contributed by atoms with Crippen LogP contribution in [0.3, 0.4) is 0 Å². The Morgan fingerprint density at radius 2 is 1.71 bits per heavy atom. The first kappa shape index (κ1) is 13.6. The fourth-order valence-electron chi connectivity index (χ4n) is 3.12. The molecule has 0 amide bonds. The third-order valence-electron chi connectivity index (χ3n) is 4.17. The molecule has 1 N–H and O–H groups in total. The van der Waals surface area contributed by atoms with Gasteiger partial charge in [-0.15, -0.1) is 0 Å². The van der Waals surface area contributed by atoms with Gasteiger partial charge in [-0.05, 0) is 18.7 Å². The van der Waals surface area contributed by atoms with E-state index in [0.29, 0.717) is 11.4 Å². The van der Waals surface area contributed by atoms with Crippen LogP contribution >= 0.6 is 0 Å². The van der Waals surface area contributed by atoms with Crippen molar-refractivity contribution in [1.82, 2.24) is 14.5 Å². The number of nitrogens with zero attached hydrogens (tertiary/aromatic N) is 3. The summed E-state index contributed by atoms with van der Waals surface area (Å²) in [6.45, 7) is 0. The highest BCUT2D eigenvalue weighted by Gasteiger charge is 2.33. The molecule has 0 saturated carbocycles. The van der Waals surface area contributed by atoms with E-state index in [0.717, 1.165) is 15.8 Å². The molecule has 2 aromatic rings. The van der Waals surface area contributed by atoms with E-state index in [9.17, 15) is 9.59 Å². The molecule has 0 bridgehead atoms. The van der Waals surface area contributed by atoms with Crippen LogP contribution in [-0.4, -0.2) is 23.2 Å². The zero-order valence-corrected chi connectivity index (χ0v) is 12.5. The van der Waals surface area contributed by atoms with Gasteiger partial charge >= 0.3 is 5.69 Å². The molecular weight excluding hydrogens is 268 g/mol. The van der Waals surface area contributed by atoms with Gasteiger partial charge in [-0.2, -0.15) is 0 Å². The van der Waals surface area contributed by atoms with Gasteiger partial charge in [0.05, 0.1) is 11.6 Å². The van der Waals surface area contributed by atoms with Crippen LogP contribution in [0.15, 0.2) is 33.9 Å². The smallest absolute Gasteiger partial charge is 0.330 e. The summed E-state index contributed by atoms with van der Waals surface area (Å²) in [6, 6.07) is 7.67. The van der Waals surface area contributed by atoms with E-state index in [-0.39, 0.29) is 17.3 Å². The first-order chi connectivity index (χ1) is 9.99. The minimum absolute atomic E-state index is 0.224. The first-order valence-electron chi connectivity index (χ1n) is 6.78. The van der Waals surface area contributed by atoms with Crippen molar-refractivity contribution in [3.05, 3.63) is 56.2 Å². The molecule has 21 heavy (non-hydrogen) atoms. The Balaban J connectivity index is 2.46. The van der Waals surface area contributed by atoms with E-state index in [1.165, 1.54) is 11.6 Å². The minimum atomic E-state index is -0.320. The van der Waals surface area contributed by atoms with Gasteiger partial charge in [-0.3, -0.25) is 13.9 Å². The Morgan fingerprint density at radius 3 is 2.38 bits per heavy atom. The van der Waals surface area contributed by atoms with Gasteiger partial charge < -0.3 is 10.2 Å². The molecule has 2 heterocycles. The normalized spacial score (nSPS) is 16.6. The average Bonchev–Trinajstić information content (AvgIpc) is 2.50. The molecule has 110 valence electrons. The second-order valence-corrected chi connectivity index (χ2v) is 5.28. The monoisotopic (exact) mass is 286 g/mol. The highest BCUT2D eigenvalue weighted by Crippen LogP contribution is 2.40. The molecule has 1 atom stereocenters. The maximum absolute atomic E-state index is 12.6. The second-order valence-electron chi connectivity index (χ2n) is 5.28. The van der Waals surface area contributed by atoms with Gasteiger partial charge in [0.2, 0.25) is 0 Å². The molecule has 0 unspecified atom stereocenters. The lowest BCUT2D eigenvalue weighted by Gasteiger charge is -2.35. The van der Waals surface area contributed by atoms with Crippen molar-refractivity contribution in [2.75, 3.05) is 19.0 Å². The van der Waals surface area contributed by atoms with Gasteiger partial charge in [0.1, 0.15) is 5.82 Å². The maximum Gasteiger partial charge on any atom is 0.332 e. The van der Waals surface area contributed by atoms with Crippen LogP contribution in [0, 0.1) is 0 Å². The van der Waals surface area contributed by atoms with E-state index in [1.807, 2.05) is 43.3 Å². The van der Waals surface area contributed by atoms with E-state index in [4.69, 9.17) is 0 Å². The Kier molecular flexibility index (Phi) is 2.98. The van der Waals surface area contributed by atoms with Gasteiger partial charge in [0, 0.05) is 26.8 Å². The number of benzene rings is 1. The quantitative estimate of drug-likeness (QED) is 0.828. The van der Waals surface area contributed by atoms with Crippen LogP contribution in [-0.2, 0) is 14.1 Å². The summed E-state index contributed by atoms with van der Waals surface area (Å²) in [7, 11) is 6.90. The molecule has 1 aliphatic rings. The fourth-order valence-corrected chi connectivity index (χ4v) is 3.12. The topological polar surface area (TPSA) is 59.3 Å². The summed E-state index contributed by atoms with van der Waals surface area (Å²) in [5.41, 5.74) is 2.05. The molecule has 1 aromatic carbocycles. The lowest BCUT2D eigenvalue weighted by molar-refractivity contribution is 0.606. The highest BCUT2D eigenvalue weighted by molar-refractivity contribution is 5.72. The molecular formula is C15H18N4O2. The van der Waals surface area contributed by atoms with Crippen LogP contribution in [0.5, 0.6) is 0 Å². The van der Waals surface area contributed by atoms with Gasteiger partial charge in [0.25, 0.3) is 5.56 Å². The molecule has 0 fully saturated rings. The molecule has 0 radical (unpaired) electrons. The number of anilines is 2. The van der Waals surface area contributed by atoms with E-state index < -0.39 is 0 Å². The number of hydrogen-bond donors (Lipinski definition) is 1. The fraction of sp³-hybridized carbons (Fsp3) is 0.333. The van der Waals surface area contributed by atoms with Gasteiger partial charge in [-0.25, -0.2) is 4.79 Å². The van der Waals surface area contributed by atoms with Crippen LogP contribution < -0.4 is 21.5 Å². The Labute approximate surface area is 122 Å². The Bertz CT molecular complexity index is 835. The molecule has 6 heteroatoms. The number of para-hydroxylation sites is 1. The van der Waals surface area contributed by atoms with Crippen molar-refractivity contribution in [3.8, 4) is 0 Å². The zero-order chi connectivity index (χ0) is 15.3. The molecule has 3 rings (SSSR count).